The molecule has 0 spiro atoms. The average Bonchev–Trinajstić information content (AvgIpc) is 3.05. The Morgan fingerprint density at radius 2 is 1.84 bits per heavy atom. The molecule has 2 unspecified atom stereocenters. The summed E-state index contributed by atoms with van der Waals surface area (Å²) < 4.78 is 45.8. The number of hydrogen-bond acceptors (Lipinski definition) is 3. The molecule has 19 heavy (non-hydrogen) atoms. The van der Waals surface area contributed by atoms with Crippen LogP contribution >= 0.6 is 0 Å². The molecule has 1 heterocycles. The van der Waals surface area contributed by atoms with E-state index in [4.69, 9.17) is 4.74 Å². The molecular weight excluding hydrogens is 272 g/mol. The first kappa shape index (κ1) is 14.6. The van der Waals surface area contributed by atoms with E-state index in [-0.39, 0.29) is 11.3 Å². The van der Waals surface area contributed by atoms with Gasteiger partial charge in [-0.25, -0.2) is 8.78 Å². The minimum Gasteiger partial charge on any atom is -0.597 e. The summed E-state index contributed by atoms with van der Waals surface area (Å²) in [4.78, 5) is 0. The van der Waals surface area contributed by atoms with Crippen molar-refractivity contribution in [1.82, 2.24) is 4.31 Å². The van der Waals surface area contributed by atoms with Gasteiger partial charge in [0, 0.05) is 29.1 Å². The third-order valence-corrected chi connectivity index (χ3v) is 4.80. The lowest BCUT2D eigenvalue weighted by Crippen LogP contribution is -2.33. The monoisotopic (exact) mass is 289 g/mol. The van der Waals surface area contributed by atoms with Crippen molar-refractivity contribution in [2.75, 3.05) is 13.7 Å². The van der Waals surface area contributed by atoms with Crippen LogP contribution in [-0.4, -0.2) is 27.3 Å². The lowest BCUT2D eigenvalue weighted by atomic mass is 10.1. The van der Waals surface area contributed by atoms with Gasteiger partial charge in [0.05, 0.1) is 13.7 Å². The predicted molar refractivity (Wildman–Crippen MR) is 70.3 cm³/mol. The van der Waals surface area contributed by atoms with Gasteiger partial charge in [-0.2, -0.15) is 0 Å². The maximum atomic E-state index is 13.9. The molecule has 1 aromatic rings. The van der Waals surface area contributed by atoms with Gasteiger partial charge in [-0.05, 0) is 20.8 Å². The van der Waals surface area contributed by atoms with Gasteiger partial charge in [0.25, 0.3) is 0 Å². The SMILES string of the molecule is COc1cc(F)c(C2CN2[S@+]([O-])C(C)(C)C)c(F)c1. The van der Waals surface area contributed by atoms with Gasteiger partial charge in [0.2, 0.25) is 0 Å². The molecule has 0 bridgehead atoms. The maximum absolute atomic E-state index is 13.9. The number of ether oxygens (including phenoxy) is 1. The van der Waals surface area contributed by atoms with Crippen molar-refractivity contribution in [3.05, 3.63) is 29.3 Å². The third-order valence-electron chi connectivity index (χ3n) is 2.93. The van der Waals surface area contributed by atoms with E-state index in [9.17, 15) is 13.3 Å². The average molecular weight is 289 g/mol. The van der Waals surface area contributed by atoms with Crippen molar-refractivity contribution in [2.24, 2.45) is 0 Å². The highest BCUT2D eigenvalue weighted by atomic mass is 32.2. The molecule has 1 fully saturated rings. The Morgan fingerprint density at radius 1 is 1.32 bits per heavy atom. The van der Waals surface area contributed by atoms with Crippen molar-refractivity contribution in [2.45, 2.75) is 31.6 Å². The quantitative estimate of drug-likeness (QED) is 0.634. The molecule has 0 aliphatic carbocycles. The number of nitrogens with zero attached hydrogens (tertiary/aromatic N) is 1. The summed E-state index contributed by atoms with van der Waals surface area (Å²) in [5.74, 6) is -1.17. The van der Waals surface area contributed by atoms with Crippen LogP contribution in [-0.2, 0) is 11.4 Å². The number of halogens is 2. The van der Waals surface area contributed by atoms with E-state index in [0.29, 0.717) is 6.54 Å². The second-order valence-electron chi connectivity index (χ2n) is 5.48. The van der Waals surface area contributed by atoms with E-state index in [0.717, 1.165) is 12.1 Å². The highest BCUT2D eigenvalue weighted by Crippen LogP contribution is 2.44. The van der Waals surface area contributed by atoms with Crippen LogP contribution in [0, 0.1) is 11.6 Å². The molecule has 2 rings (SSSR count). The molecular formula is C13H17F2NO2S. The largest absolute Gasteiger partial charge is 0.597 e. The van der Waals surface area contributed by atoms with Crippen LogP contribution in [0.15, 0.2) is 12.1 Å². The molecule has 3 atom stereocenters. The molecule has 0 aromatic heterocycles. The summed E-state index contributed by atoms with van der Waals surface area (Å²) in [7, 11) is 1.35. The minimum absolute atomic E-state index is 0.0293. The molecule has 0 amide bonds. The van der Waals surface area contributed by atoms with Gasteiger partial charge in [-0.1, -0.05) is 0 Å². The molecule has 0 N–H and O–H groups in total. The molecule has 1 aliphatic rings. The fourth-order valence-electron chi connectivity index (χ4n) is 1.89. The number of methoxy groups -OCH3 is 1. The normalized spacial score (nSPS) is 24.2. The van der Waals surface area contributed by atoms with Crippen LogP contribution in [0.3, 0.4) is 0 Å². The van der Waals surface area contributed by atoms with Crippen LogP contribution in [0.4, 0.5) is 8.78 Å². The molecule has 106 valence electrons. The Balaban J connectivity index is 2.22. The van der Waals surface area contributed by atoms with Crippen LogP contribution in [0.1, 0.15) is 32.4 Å². The van der Waals surface area contributed by atoms with Crippen LogP contribution < -0.4 is 4.74 Å². The fourth-order valence-corrected chi connectivity index (χ4v) is 3.21. The summed E-state index contributed by atoms with van der Waals surface area (Å²) in [5, 5.41) is 0. The number of rotatable bonds is 3. The maximum Gasteiger partial charge on any atom is 0.137 e. The predicted octanol–water partition coefficient (Wildman–Crippen LogP) is 2.79. The molecule has 0 radical (unpaired) electrons. The number of benzene rings is 1. The topological polar surface area (TPSA) is 35.3 Å². The summed E-state index contributed by atoms with van der Waals surface area (Å²) in [6, 6.07) is 1.84. The summed E-state index contributed by atoms with van der Waals surface area (Å²) in [5.41, 5.74) is -0.0293. The van der Waals surface area contributed by atoms with Crippen molar-refractivity contribution >= 4 is 11.4 Å². The van der Waals surface area contributed by atoms with Crippen LogP contribution in [0.5, 0.6) is 5.75 Å². The van der Waals surface area contributed by atoms with Crippen molar-refractivity contribution in [1.29, 1.82) is 0 Å². The molecule has 1 saturated heterocycles. The van der Waals surface area contributed by atoms with Crippen molar-refractivity contribution < 1.29 is 18.1 Å². The molecule has 6 heteroatoms. The number of hydrogen-bond donors (Lipinski definition) is 0. The van der Waals surface area contributed by atoms with Gasteiger partial charge in [-0.15, -0.1) is 4.31 Å². The first-order valence-corrected chi connectivity index (χ1v) is 7.08. The zero-order valence-electron chi connectivity index (χ0n) is 11.4. The Kier molecular flexibility index (Phi) is 3.77. The van der Waals surface area contributed by atoms with Gasteiger partial charge < -0.3 is 9.29 Å². The van der Waals surface area contributed by atoms with E-state index in [1.807, 2.05) is 20.8 Å². The second-order valence-corrected chi connectivity index (χ2v) is 7.67. The summed E-state index contributed by atoms with van der Waals surface area (Å²) in [6.07, 6.45) is 0. The zero-order valence-corrected chi connectivity index (χ0v) is 12.2. The third kappa shape index (κ3) is 2.85. The minimum atomic E-state index is -1.26. The fraction of sp³-hybridized carbons (Fsp3) is 0.538. The van der Waals surface area contributed by atoms with Crippen molar-refractivity contribution in [3.8, 4) is 5.75 Å². The first-order valence-electron chi connectivity index (χ1n) is 5.97. The zero-order chi connectivity index (χ0) is 14.4. The van der Waals surface area contributed by atoms with Gasteiger partial charge >= 0.3 is 0 Å². The lowest BCUT2D eigenvalue weighted by molar-refractivity contribution is 0.404. The van der Waals surface area contributed by atoms with E-state index < -0.39 is 33.8 Å². The van der Waals surface area contributed by atoms with Gasteiger partial charge in [0.1, 0.15) is 28.2 Å². The Morgan fingerprint density at radius 3 is 2.26 bits per heavy atom. The second kappa shape index (κ2) is 4.92. The molecule has 3 nitrogen and oxygen atoms in total. The Bertz CT molecular complexity index is 467. The molecule has 1 aliphatic heterocycles. The highest BCUT2D eigenvalue weighted by molar-refractivity contribution is 7.90. The van der Waals surface area contributed by atoms with Gasteiger partial charge in [0.15, 0.2) is 0 Å². The van der Waals surface area contributed by atoms with Crippen LogP contribution in [0.2, 0.25) is 0 Å². The van der Waals surface area contributed by atoms with Crippen LogP contribution in [0.25, 0.3) is 0 Å². The highest BCUT2D eigenvalue weighted by Gasteiger charge is 2.51. The molecule has 0 saturated carbocycles. The van der Waals surface area contributed by atoms with Crippen molar-refractivity contribution in [3.63, 3.8) is 0 Å². The standard InChI is InChI=1S/C13H17F2NO2S/c1-13(2,3)19(17)16-7-11(16)12-9(14)5-8(18-4)6-10(12)15/h5-6,11H,7H2,1-4H3/t11?,16?,19-/m1/s1. The van der Waals surface area contributed by atoms with E-state index in [2.05, 4.69) is 0 Å². The smallest absolute Gasteiger partial charge is 0.137 e. The molecule has 1 aromatic carbocycles. The van der Waals surface area contributed by atoms with E-state index in [1.54, 1.807) is 4.31 Å². The van der Waals surface area contributed by atoms with Gasteiger partial charge in [-0.3, -0.25) is 0 Å². The Hall–Kier alpha value is -0.850. The summed E-state index contributed by atoms with van der Waals surface area (Å²) >= 11 is -1.26. The Labute approximate surface area is 114 Å². The van der Waals surface area contributed by atoms with E-state index in [1.165, 1.54) is 7.11 Å². The first-order chi connectivity index (χ1) is 8.75. The summed E-state index contributed by atoms with van der Waals surface area (Å²) in [6.45, 7) is 5.90. The van der Waals surface area contributed by atoms with E-state index >= 15 is 0 Å². The lowest BCUT2D eigenvalue weighted by Gasteiger charge is -2.24.